The fourth-order valence-electron chi connectivity index (χ4n) is 2.05. The Hall–Kier alpha value is -1.75. The van der Waals surface area contributed by atoms with E-state index in [0.717, 1.165) is 12.0 Å². The minimum absolute atomic E-state index is 0.0700. The van der Waals surface area contributed by atoms with E-state index in [2.05, 4.69) is 10.1 Å². The molecule has 0 saturated heterocycles. The molecule has 2 rings (SSSR count). The van der Waals surface area contributed by atoms with E-state index in [1.54, 1.807) is 19.9 Å². The molecule has 0 fully saturated rings. The van der Waals surface area contributed by atoms with E-state index in [-0.39, 0.29) is 11.9 Å². The molecule has 2 aromatic rings. The molecule has 0 aliphatic heterocycles. The maximum absolute atomic E-state index is 14.2. The zero-order valence-electron chi connectivity index (χ0n) is 11.5. The van der Waals surface area contributed by atoms with Crippen molar-refractivity contribution in [3.8, 4) is 5.69 Å². The second-order valence-electron chi connectivity index (χ2n) is 4.78. The topological polar surface area (TPSA) is 56.7 Å². The van der Waals surface area contributed by atoms with Crippen molar-refractivity contribution in [1.29, 1.82) is 0 Å². The first kappa shape index (κ1) is 13.7. The molecule has 5 heteroatoms. The molecule has 0 bridgehead atoms. The summed E-state index contributed by atoms with van der Waals surface area (Å²) < 4.78 is 15.7. The molecule has 1 atom stereocenters. The van der Waals surface area contributed by atoms with Crippen LogP contribution in [0.25, 0.3) is 5.69 Å². The molecule has 1 aromatic heterocycles. The average molecular weight is 262 g/mol. The van der Waals surface area contributed by atoms with Crippen LogP contribution in [0.5, 0.6) is 0 Å². The molecule has 0 spiro atoms. The molecule has 0 aliphatic rings. The minimum Gasteiger partial charge on any atom is -0.327 e. The lowest BCUT2D eigenvalue weighted by Gasteiger charge is -2.10. The molecule has 0 saturated carbocycles. The van der Waals surface area contributed by atoms with Gasteiger partial charge in [-0.25, -0.2) is 14.1 Å². The molecule has 4 nitrogen and oxygen atoms in total. The number of halogens is 1. The predicted molar refractivity (Wildman–Crippen MR) is 72.8 cm³/mol. The summed E-state index contributed by atoms with van der Waals surface area (Å²) in [4.78, 5) is 4.18. The van der Waals surface area contributed by atoms with E-state index in [4.69, 9.17) is 5.73 Å². The Morgan fingerprint density at radius 2 is 2.11 bits per heavy atom. The second-order valence-corrected chi connectivity index (χ2v) is 4.78. The normalized spacial score (nSPS) is 12.7. The van der Waals surface area contributed by atoms with E-state index in [9.17, 15) is 4.39 Å². The summed E-state index contributed by atoms with van der Waals surface area (Å²) in [7, 11) is 0. The standard InChI is InChI=1S/C14H19FN4/c1-4-12(16)7-11-5-6-14(13(15)8-11)19-10(3)17-9(2)18-19/h5-6,8,12H,4,7,16H2,1-3H3. The quantitative estimate of drug-likeness (QED) is 0.919. The number of hydrogen-bond donors (Lipinski definition) is 1. The highest BCUT2D eigenvalue weighted by molar-refractivity contribution is 5.36. The van der Waals surface area contributed by atoms with Crippen LogP contribution in [0.3, 0.4) is 0 Å². The van der Waals surface area contributed by atoms with Crippen LogP contribution in [0.15, 0.2) is 18.2 Å². The Morgan fingerprint density at radius 3 is 2.63 bits per heavy atom. The van der Waals surface area contributed by atoms with Gasteiger partial charge in [0.15, 0.2) is 0 Å². The smallest absolute Gasteiger partial charge is 0.149 e. The van der Waals surface area contributed by atoms with Crippen molar-refractivity contribution in [3.05, 3.63) is 41.2 Å². The van der Waals surface area contributed by atoms with Crippen LogP contribution in [0.4, 0.5) is 4.39 Å². The van der Waals surface area contributed by atoms with Gasteiger partial charge in [-0.1, -0.05) is 13.0 Å². The van der Waals surface area contributed by atoms with Crippen molar-refractivity contribution in [3.63, 3.8) is 0 Å². The molecular weight excluding hydrogens is 243 g/mol. The lowest BCUT2D eigenvalue weighted by atomic mass is 10.0. The number of aromatic nitrogens is 3. The Kier molecular flexibility index (Phi) is 3.95. The van der Waals surface area contributed by atoms with Gasteiger partial charge in [0.05, 0.1) is 0 Å². The van der Waals surface area contributed by atoms with Crippen molar-refractivity contribution in [2.75, 3.05) is 0 Å². The van der Waals surface area contributed by atoms with Crippen molar-refractivity contribution >= 4 is 0 Å². The van der Waals surface area contributed by atoms with Gasteiger partial charge in [0.1, 0.15) is 23.2 Å². The predicted octanol–water partition coefficient (Wildman–Crippen LogP) is 2.30. The molecule has 0 amide bonds. The molecule has 1 aromatic carbocycles. The van der Waals surface area contributed by atoms with E-state index >= 15 is 0 Å². The van der Waals surface area contributed by atoms with Crippen LogP contribution in [0.2, 0.25) is 0 Å². The fraction of sp³-hybridized carbons (Fsp3) is 0.429. The van der Waals surface area contributed by atoms with Gasteiger partial charge in [0, 0.05) is 6.04 Å². The van der Waals surface area contributed by atoms with Gasteiger partial charge in [-0.05, 0) is 44.4 Å². The van der Waals surface area contributed by atoms with Crippen molar-refractivity contribution in [2.24, 2.45) is 5.73 Å². The monoisotopic (exact) mass is 262 g/mol. The van der Waals surface area contributed by atoms with Gasteiger partial charge in [-0.15, -0.1) is 0 Å². The maximum Gasteiger partial charge on any atom is 0.149 e. The molecule has 1 unspecified atom stereocenters. The van der Waals surface area contributed by atoms with Crippen molar-refractivity contribution in [1.82, 2.24) is 14.8 Å². The van der Waals surface area contributed by atoms with Crippen LogP contribution in [-0.4, -0.2) is 20.8 Å². The lowest BCUT2D eigenvalue weighted by Crippen LogP contribution is -2.21. The molecule has 2 N–H and O–H groups in total. The van der Waals surface area contributed by atoms with Gasteiger partial charge in [0.25, 0.3) is 0 Å². The largest absolute Gasteiger partial charge is 0.327 e. The molecular formula is C14H19FN4. The summed E-state index contributed by atoms with van der Waals surface area (Å²) in [5.41, 5.74) is 7.21. The summed E-state index contributed by atoms with van der Waals surface area (Å²) in [6, 6.07) is 5.22. The number of aryl methyl sites for hydroxylation is 2. The number of rotatable bonds is 4. The molecule has 0 aliphatic carbocycles. The zero-order valence-corrected chi connectivity index (χ0v) is 11.5. The van der Waals surface area contributed by atoms with Crippen LogP contribution in [0.1, 0.15) is 30.6 Å². The van der Waals surface area contributed by atoms with Crippen LogP contribution in [-0.2, 0) is 6.42 Å². The average Bonchev–Trinajstić information content (AvgIpc) is 2.68. The summed E-state index contributed by atoms with van der Waals surface area (Å²) in [5.74, 6) is 1.01. The first-order chi connectivity index (χ1) is 9.01. The maximum atomic E-state index is 14.2. The summed E-state index contributed by atoms with van der Waals surface area (Å²) in [6.07, 6.45) is 1.56. The third-order valence-corrected chi connectivity index (χ3v) is 3.14. The molecule has 19 heavy (non-hydrogen) atoms. The minimum atomic E-state index is -0.297. The van der Waals surface area contributed by atoms with Gasteiger partial charge in [0.2, 0.25) is 0 Å². The van der Waals surface area contributed by atoms with Gasteiger partial charge in [-0.3, -0.25) is 0 Å². The van der Waals surface area contributed by atoms with E-state index in [0.29, 0.717) is 23.8 Å². The van der Waals surface area contributed by atoms with Crippen molar-refractivity contribution < 1.29 is 4.39 Å². The van der Waals surface area contributed by atoms with Crippen molar-refractivity contribution in [2.45, 2.75) is 39.7 Å². The zero-order chi connectivity index (χ0) is 14.0. The number of hydrogen-bond acceptors (Lipinski definition) is 3. The first-order valence-corrected chi connectivity index (χ1v) is 6.46. The van der Waals surface area contributed by atoms with Crippen LogP contribution in [0, 0.1) is 19.7 Å². The lowest BCUT2D eigenvalue weighted by molar-refractivity contribution is 0.598. The molecule has 1 heterocycles. The summed E-state index contributed by atoms with van der Waals surface area (Å²) >= 11 is 0. The van der Waals surface area contributed by atoms with Crippen LogP contribution >= 0.6 is 0 Å². The second kappa shape index (κ2) is 5.48. The number of benzene rings is 1. The number of nitrogens with two attached hydrogens (primary N) is 1. The fourth-order valence-corrected chi connectivity index (χ4v) is 2.05. The highest BCUT2D eigenvalue weighted by atomic mass is 19.1. The third kappa shape index (κ3) is 2.98. The van der Waals surface area contributed by atoms with E-state index < -0.39 is 0 Å². The Morgan fingerprint density at radius 1 is 1.37 bits per heavy atom. The van der Waals surface area contributed by atoms with Crippen LogP contribution < -0.4 is 5.73 Å². The Bertz CT molecular complexity index is 577. The molecule has 0 radical (unpaired) electrons. The summed E-state index contributed by atoms with van der Waals surface area (Å²) in [6.45, 7) is 5.62. The van der Waals surface area contributed by atoms with Gasteiger partial charge < -0.3 is 5.73 Å². The first-order valence-electron chi connectivity index (χ1n) is 6.46. The highest BCUT2D eigenvalue weighted by Crippen LogP contribution is 2.17. The summed E-state index contributed by atoms with van der Waals surface area (Å²) in [5, 5.41) is 4.19. The number of nitrogens with zero attached hydrogens (tertiary/aromatic N) is 3. The Labute approximate surface area is 112 Å². The van der Waals surface area contributed by atoms with Gasteiger partial charge >= 0.3 is 0 Å². The van der Waals surface area contributed by atoms with Gasteiger partial charge in [-0.2, -0.15) is 5.10 Å². The van der Waals surface area contributed by atoms with E-state index in [1.807, 2.05) is 13.0 Å². The highest BCUT2D eigenvalue weighted by Gasteiger charge is 2.11. The SMILES string of the molecule is CCC(N)Cc1ccc(-n2nc(C)nc2C)c(F)c1. The Balaban J connectivity index is 2.32. The van der Waals surface area contributed by atoms with E-state index in [1.165, 1.54) is 10.7 Å². The molecule has 102 valence electrons. The third-order valence-electron chi connectivity index (χ3n) is 3.14.